The minimum Gasteiger partial charge on any atom is -0.306 e. The normalized spacial score (nSPS) is 15.5. The molecule has 1 saturated carbocycles. The van der Waals surface area contributed by atoms with Crippen LogP contribution in [0.15, 0.2) is 59.9 Å². The summed E-state index contributed by atoms with van der Waals surface area (Å²) < 4.78 is 30.2. The lowest BCUT2D eigenvalue weighted by Gasteiger charge is -2.24. The number of hydrogen-bond donors (Lipinski definition) is 2. The predicted octanol–water partition coefficient (Wildman–Crippen LogP) is 4.97. The number of nitrogens with one attached hydrogen (secondary N) is 2. The smallest absolute Gasteiger partial charge is 0.306 e. The van der Waals surface area contributed by atoms with Gasteiger partial charge in [0.2, 0.25) is 0 Å². The van der Waals surface area contributed by atoms with E-state index in [9.17, 15) is 13.2 Å². The third-order valence-electron chi connectivity index (χ3n) is 7.34. The molecule has 2 aliphatic carbocycles. The van der Waals surface area contributed by atoms with E-state index in [1.165, 1.54) is 17.8 Å². The van der Waals surface area contributed by atoms with Gasteiger partial charge in [0.15, 0.2) is 0 Å². The van der Waals surface area contributed by atoms with Crippen molar-refractivity contribution in [3.63, 3.8) is 0 Å². The van der Waals surface area contributed by atoms with Crippen LogP contribution in [0.1, 0.15) is 54.0 Å². The summed E-state index contributed by atoms with van der Waals surface area (Å²) >= 11 is 0. The number of rotatable bonds is 5. The molecule has 0 radical (unpaired) electrons. The molecule has 0 spiro atoms. The van der Waals surface area contributed by atoms with Gasteiger partial charge in [-0.05, 0) is 91.6 Å². The zero-order valence-corrected chi connectivity index (χ0v) is 20.8. The quantitative estimate of drug-likeness (QED) is 0.402. The van der Waals surface area contributed by atoms with Gasteiger partial charge in [0, 0.05) is 35.8 Å². The number of aryl methyl sites for hydroxylation is 2. The molecule has 6 rings (SSSR count). The summed E-state index contributed by atoms with van der Waals surface area (Å²) in [5, 5.41) is 7.18. The minimum atomic E-state index is -4.06. The van der Waals surface area contributed by atoms with Crippen LogP contribution in [0.2, 0.25) is 0 Å². The highest BCUT2D eigenvalue weighted by atomic mass is 32.2. The van der Waals surface area contributed by atoms with E-state index in [-0.39, 0.29) is 4.90 Å². The zero-order chi connectivity index (χ0) is 24.9. The number of urea groups is 1. The van der Waals surface area contributed by atoms with E-state index in [0.717, 1.165) is 72.0 Å². The molecule has 0 saturated heterocycles. The van der Waals surface area contributed by atoms with E-state index < -0.39 is 16.1 Å². The van der Waals surface area contributed by atoms with Crippen molar-refractivity contribution in [1.29, 1.82) is 0 Å². The van der Waals surface area contributed by atoms with Crippen molar-refractivity contribution in [2.24, 2.45) is 0 Å². The largest absolute Gasteiger partial charge is 0.333 e. The van der Waals surface area contributed by atoms with Crippen molar-refractivity contribution in [1.82, 2.24) is 19.3 Å². The maximum Gasteiger partial charge on any atom is 0.333 e. The van der Waals surface area contributed by atoms with Crippen LogP contribution in [0.3, 0.4) is 0 Å². The standard InChI is InChI=1S/C27H27N5O3S/c1-17-14-19-6-3-7-23(19)26(25(17)20-10-13-32-21(15-20)8-12-29-32)30-27(33)31-36(34,35)22-9-11-28-24(16-22)18-4-2-5-18/h8-16,18H,2-7H2,1H3,(H2,30,31,33). The van der Waals surface area contributed by atoms with Gasteiger partial charge in [0.1, 0.15) is 0 Å². The van der Waals surface area contributed by atoms with E-state index in [4.69, 9.17) is 0 Å². The molecular formula is C27H27N5O3S. The molecule has 2 amide bonds. The molecule has 8 nitrogen and oxygen atoms in total. The molecule has 1 fully saturated rings. The van der Waals surface area contributed by atoms with Gasteiger partial charge in [-0.3, -0.25) is 4.98 Å². The number of anilines is 1. The number of benzene rings is 1. The van der Waals surface area contributed by atoms with Gasteiger partial charge in [-0.1, -0.05) is 12.5 Å². The Morgan fingerprint density at radius 1 is 1.06 bits per heavy atom. The number of pyridine rings is 2. The number of aromatic nitrogens is 3. The molecule has 36 heavy (non-hydrogen) atoms. The maximum atomic E-state index is 13.1. The highest BCUT2D eigenvalue weighted by Crippen LogP contribution is 2.40. The van der Waals surface area contributed by atoms with Crippen LogP contribution in [0.5, 0.6) is 0 Å². The van der Waals surface area contributed by atoms with Crippen molar-refractivity contribution in [3.05, 3.63) is 77.4 Å². The lowest BCUT2D eigenvalue weighted by Crippen LogP contribution is -2.35. The second-order valence-electron chi connectivity index (χ2n) is 9.65. The maximum absolute atomic E-state index is 13.1. The summed E-state index contributed by atoms with van der Waals surface area (Å²) in [4.78, 5) is 17.5. The predicted molar refractivity (Wildman–Crippen MR) is 138 cm³/mol. The number of nitrogens with zero attached hydrogens (tertiary/aromatic N) is 3. The first-order chi connectivity index (χ1) is 17.4. The monoisotopic (exact) mass is 501 g/mol. The Morgan fingerprint density at radius 2 is 1.92 bits per heavy atom. The number of sulfonamides is 1. The lowest BCUT2D eigenvalue weighted by molar-refractivity contribution is 0.256. The van der Waals surface area contributed by atoms with Gasteiger partial charge in [-0.25, -0.2) is 22.4 Å². The molecule has 9 heteroatoms. The molecule has 3 heterocycles. The fraction of sp³-hybridized carbons (Fsp3) is 0.296. The van der Waals surface area contributed by atoms with E-state index in [1.54, 1.807) is 16.8 Å². The lowest BCUT2D eigenvalue weighted by atomic mass is 9.83. The van der Waals surface area contributed by atoms with Crippen LogP contribution < -0.4 is 10.0 Å². The third-order valence-corrected chi connectivity index (χ3v) is 8.67. The molecule has 0 unspecified atom stereocenters. The zero-order valence-electron chi connectivity index (χ0n) is 20.0. The molecular weight excluding hydrogens is 474 g/mol. The van der Waals surface area contributed by atoms with E-state index in [1.807, 2.05) is 31.3 Å². The molecule has 0 atom stereocenters. The molecule has 2 aliphatic rings. The number of carbonyl (C=O) groups excluding carboxylic acids is 1. The molecule has 1 aromatic carbocycles. The Morgan fingerprint density at radius 3 is 2.72 bits per heavy atom. The molecule has 2 N–H and O–H groups in total. The van der Waals surface area contributed by atoms with Gasteiger partial charge in [-0.15, -0.1) is 0 Å². The second-order valence-corrected chi connectivity index (χ2v) is 11.3. The van der Waals surface area contributed by atoms with Crippen LogP contribution in [-0.2, 0) is 22.9 Å². The van der Waals surface area contributed by atoms with Gasteiger partial charge in [0.25, 0.3) is 10.0 Å². The summed E-state index contributed by atoms with van der Waals surface area (Å²) in [6.07, 6.45) is 11.0. The Bertz CT molecular complexity index is 1610. The molecule has 184 valence electrons. The van der Waals surface area contributed by atoms with Crippen LogP contribution in [0.25, 0.3) is 16.6 Å². The van der Waals surface area contributed by atoms with Gasteiger partial charge in [-0.2, -0.15) is 5.10 Å². The first-order valence-electron chi connectivity index (χ1n) is 12.3. The Balaban J connectivity index is 1.33. The van der Waals surface area contributed by atoms with Crippen molar-refractivity contribution >= 4 is 27.3 Å². The minimum absolute atomic E-state index is 0.0513. The number of carbonyl (C=O) groups is 1. The first-order valence-corrected chi connectivity index (χ1v) is 13.8. The van der Waals surface area contributed by atoms with Crippen molar-refractivity contribution in [2.45, 2.75) is 56.3 Å². The summed E-state index contributed by atoms with van der Waals surface area (Å²) in [5.74, 6) is 0.291. The summed E-state index contributed by atoms with van der Waals surface area (Å²) in [6, 6.07) is 10.3. The number of hydrogen-bond acceptors (Lipinski definition) is 5. The average Bonchev–Trinajstić information content (AvgIpc) is 3.46. The van der Waals surface area contributed by atoms with Crippen molar-refractivity contribution in [2.75, 3.05) is 5.32 Å². The molecule has 4 aromatic rings. The van der Waals surface area contributed by atoms with Gasteiger partial charge in [0.05, 0.1) is 16.1 Å². The van der Waals surface area contributed by atoms with E-state index in [0.29, 0.717) is 11.6 Å². The van der Waals surface area contributed by atoms with Crippen LogP contribution in [0.4, 0.5) is 10.5 Å². The first kappa shape index (κ1) is 22.7. The second kappa shape index (κ2) is 8.74. The fourth-order valence-corrected chi connectivity index (χ4v) is 6.25. The molecule has 3 aromatic heterocycles. The fourth-order valence-electron chi connectivity index (χ4n) is 5.32. The number of fused-ring (bicyclic) bond motifs is 2. The SMILES string of the molecule is Cc1cc2c(c(NC(=O)NS(=O)(=O)c3ccnc(C4CCC4)c3)c1-c1ccn3nccc3c1)CCC2. The number of amides is 2. The average molecular weight is 502 g/mol. The Hall–Kier alpha value is -3.72. The Labute approximate surface area is 209 Å². The Kier molecular flexibility index (Phi) is 5.52. The summed E-state index contributed by atoms with van der Waals surface area (Å²) in [7, 11) is -4.06. The molecule has 0 aliphatic heterocycles. The van der Waals surface area contributed by atoms with Crippen molar-refractivity contribution in [3.8, 4) is 11.1 Å². The van der Waals surface area contributed by atoms with Crippen molar-refractivity contribution < 1.29 is 13.2 Å². The summed E-state index contributed by atoms with van der Waals surface area (Å²) in [5.41, 5.74) is 7.48. The van der Waals surface area contributed by atoms with Gasteiger partial charge >= 0.3 is 6.03 Å². The van der Waals surface area contributed by atoms with E-state index in [2.05, 4.69) is 26.2 Å². The third kappa shape index (κ3) is 4.03. The highest BCUT2D eigenvalue weighted by Gasteiger charge is 2.26. The van der Waals surface area contributed by atoms with Crippen LogP contribution in [0, 0.1) is 6.92 Å². The van der Waals surface area contributed by atoms with Crippen LogP contribution >= 0.6 is 0 Å². The van der Waals surface area contributed by atoms with Gasteiger partial charge < -0.3 is 5.32 Å². The topological polar surface area (TPSA) is 105 Å². The van der Waals surface area contributed by atoms with E-state index >= 15 is 0 Å². The highest BCUT2D eigenvalue weighted by molar-refractivity contribution is 7.90. The summed E-state index contributed by atoms with van der Waals surface area (Å²) in [6.45, 7) is 2.02. The molecule has 0 bridgehead atoms. The van der Waals surface area contributed by atoms with Crippen LogP contribution in [-0.4, -0.2) is 29.0 Å².